The third-order valence-electron chi connectivity index (χ3n) is 4.77. The van der Waals surface area contributed by atoms with E-state index >= 15 is 0 Å². The first-order chi connectivity index (χ1) is 14.1. The number of anilines is 1. The van der Waals surface area contributed by atoms with Crippen LogP contribution in [-0.2, 0) is 6.54 Å². The maximum absolute atomic E-state index is 13.2. The normalized spacial score (nSPS) is 10.9. The molecule has 0 aliphatic carbocycles. The Morgan fingerprint density at radius 2 is 1.90 bits per heavy atom. The molecule has 4 nitrogen and oxygen atoms in total. The summed E-state index contributed by atoms with van der Waals surface area (Å²) in [4.78, 5) is 13.2. The summed E-state index contributed by atoms with van der Waals surface area (Å²) in [5.41, 5.74) is 4.08. The number of methoxy groups -OCH3 is 1. The van der Waals surface area contributed by atoms with Gasteiger partial charge in [-0.3, -0.25) is 4.79 Å². The SMILES string of the molecule is COc1ccc(C(=O)c2oc3ccccc3c2NCc2cccc(C)c2)cc1Cl. The molecule has 0 fully saturated rings. The molecule has 5 heteroatoms. The van der Waals surface area contributed by atoms with Gasteiger partial charge in [0.2, 0.25) is 5.78 Å². The minimum absolute atomic E-state index is 0.238. The lowest BCUT2D eigenvalue weighted by molar-refractivity contribution is 0.101. The van der Waals surface area contributed by atoms with Crippen molar-refractivity contribution in [3.8, 4) is 5.75 Å². The van der Waals surface area contributed by atoms with Gasteiger partial charge in [-0.05, 0) is 42.8 Å². The van der Waals surface area contributed by atoms with Gasteiger partial charge in [0.1, 0.15) is 11.3 Å². The number of carbonyl (C=O) groups is 1. The first-order valence-electron chi connectivity index (χ1n) is 9.26. The van der Waals surface area contributed by atoms with Crippen LogP contribution < -0.4 is 10.1 Å². The molecule has 0 atom stereocenters. The monoisotopic (exact) mass is 405 g/mol. The lowest BCUT2D eigenvalue weighted by Gasteiger charge is -2.09. The lowest BCUT2D eigenvalue weighted by atomic mass is 10.1. The van der Waals surface area contributed by atoms with Crippen LogP contribution in [-0.4, -0.2) is 12.9 Å². The van der Waals surface area contributed by atoms with Crippen LogP contribution in [0.5, 0.6) is 5.75 Å². The highest BCUT2D eigenvalue weighted by molar-refractivity contribution is 6.32. The van der Waals surface area contributed by atoms with E-state index in [0.29, 0.717) is 34.2 Å². The Labute approximate surface area is 174 Å². The molecule has 146 valence electrons. The molecule has 0 radical (unpaired) electrons. The molecule has 29 heavy (non-hydrogen) atoms. The Morgan fingerprint density at radius 1 is 1.07 bits per heavy atom. The lowest BCUT2D eigenvalue weighted by Crippen LogP contribution is -2.06. The number of nitrogens with one attached hydrogen (secondary N) is 1. The van der Waals surface area contributed by atoms with Crippen molar-refractivity contribution in [2.45, 2.75) is 13.5 Å². The third-order valence-corrected chi connectivity index (χ3v) is 5.06. The van der Waals surface area contributed by atoms with Gasteiger partial charge in [0.25, 0.3) is 0 Å². The smallest absolute Gasteiger partial charge is 0.230 e. The van der Waals surface area contributed by atoms with Crippen LogP contribution in [0.25, 0.3) is 11.0 Å². The zero-order chi connectivity index (χ0) is 20.4. The van der Waals surface area contributed by atoms with E-state index in [1.54, 1.807) is 18.2 Å². The van der Waals surface area contributed by atoms with Crippen molar-refractivity contribution in [1.82, 2.24) is 0 Å². The van der Waals surface area contributed by atoms with Gasteiger partial charge in [-0.2, -0.15) is 0 Å². The standard InChI is InChI=1S/C24H20ClNO3/c1-15-6-5-7-16(12-15)14-26-22-18-8-3-4-9-20(18)29-24(22)23(27)17-10-11-21(28-2)19(25)13-17/h3-13,26H,14H2,1-2H3. The summed E-state index contributed by atoms with van der Waals surface area (Å²) in [7, 11) is 1.54. The average molecular weight is 406 g/mol. The van der Waals surface area contributed by atoms with E-state index in [-0.39, 0.29) is 11.5 Å². The van der Waals surface area contributed by atoms with E-state index in [9.17, 15) is 4.79 Å². The number of hydrogen-bond donors (Lipinski definition) is 1. The largest absolute Gasteiger partial charge is 0.495 e. The van der Waals surface area contributed by atoms with Crippen molar-refractivity contribution in [2.24, 2.45) is 0 Å². The second-order valence-electron chi connectivity index (χ2n) is 6.82. The zero-order valence-corrected chi connectivity index (χ0v) is 16.9. The summed E-state index contributed by atoms with van der Waals surface area (Å²) in [6.45, 7) is 2.63. The summed E-state index contributed by atoms with van der Waals surface area (Å²) in [5, 5.41) is 4.64. The van der Waals surface area contributed by atoms with E-state index < -0.39 is 0 Å². The maximum atomic E-state index is 13.2. The average Bonchev–Trinajstić information content (AvgIpc) is 3.10. The quantitative estimate of drug-likeness (QED) is 0.385. The van der Waals surface area contributed by atoms with Crippen molar-refractivity contribution >= 4 is 34.0 Å². The molecular weight excluding hydrogens is 386 g/mol. The highest BCUT2D eigenvalue weighted by Crippen LogP contribution is 2.34. The van der Waals surface area contributed by atoms with Gasteiger partial charge in [-0.15, -0.1) is 0 Å². The Morgan fingerprint density at radius 3 is 2.66 bits per heavy atom. The minimum Gasteiger partial charge on any atom is -0.495 e. The molecule has 4 rings (SSSR count). The zero-order valence-electron chi connectivity index (χ0n) is 16.2. The number of ether oxygens (including phenoxy) is 1. The van der Waals surface area contributed by atoms with E-state index in [1.807, 2.05) is 36.4 Å². The van der Waals surface area contributed by atoms with Crippen molar-refractivity contribution in [3.63, 3.8) is 0 Å². The number of hydrogen-bond acceptors (Lipinski definition) is 4. The predicted octanol–water partition coefficient (Wildman–Crippen LogP) is 6.25. The number of benzene rings is 3. The molecule has 0 unspecified atom stereocenters. The van der Waals surface area contributed by atoms with Crippen molar-refractivity contribution < 1.29 is 13.9 Å². The van der Waals surface area contributed by atoms with Gasteiger partial charge in [0.15, 0.2) is 5.76 Å². The Balaban J connectivity index is 1.72. The van der Waals surface area contributed by atoms with Gasteiger partial charge in [0.05, 0.1) is 17.8 Å². The van der Waals surface area contributed by atoms with E-state index in [4.69, 9.17) is 20.8 Å². The highest BCUT2D eigenvalue weighted by Gasteiger charge is 2.22. The molecule has 0 aliphatic heterocycles. The first-order valence-corrected chi connectivity index (χ1v) is 9.64. The number of furan rings is 1. The number of ketones is 1. The van der Waals surface area contributed by atoms with Crippen molar-refractivity contribution in [3.05, 3.63) is 94.2 Å². The molecule has 1 N–H and O–H groups in total. The third kappa shape index (κ3) is 3.84. The fraction of sp³-hybridized carbons (Fsp3) is 0.125. The summed E-state index contributed by atoms with van der Waals surface area (Å²) >= 11 is 6.21. The molecule has 0 amide bonds. The molecule has 4 aromatic rings. The molecule has 0 saturated heterocycles. The fourth-order valence-electron chi connectivity index (χ4n) is 3.33. The van der Waals surface area contributed by atoms with Crippen LogP contribution in [0.3, 0.4) is 0 Å². The van der Waals surface area contributed by atoms with Gasteiger partial charge >= 0.3 is 0 Å². The first kappa shape index (κ1) is 19.1. The van der Waals surface area contributed by atoms with Crippen LogP contribution >= 0.6 is 11.6 Å². The van der Waals surface area contributed by atoms with Crippen molar-refractivity contribution in [2.75, 3.05) is 12.4 Å². The van der Waals surface area contributed by atoms with Crippen LogP contribution in [0.15, 0.2) is 71.1 Å². The van der Waals surface area contributed by atoms with Gasteiger partial charge < -0.3 is 14.5 Å². The molecule has 0 saturated carbocycles. The van der Waals surface area contributed by atoms with Crippen LogP contribution in [0.2, 0.25) is 5.02 Å². The van der Waals surface area contributed by atoms with Crippen LogP contribution in [0.4, 0.5) is 5.69 Å². The van der Waals surface area contributed by atoms with Crippen LogP contribution in [0, 0.1) is 6.92 Å². The molecule has 0 aliphatic rings. The molecule has 1 aromatic heterocycles. The Bertz CT molecular complexity index is 1200. The van der Waals surface area contributed by atoms with Crippen LogP contribution in [0.1, 0.15) is 27.2 Å². The summed E-state index contributed by atoms with van der Waals surface area (Å²) in [6.07, 6.45) is 0. The number of aryl methyl sites for hydroxylation is 1. The highest BCUT2D eigenvalue weighted by atomic mass is 35.5. The Hall–Kier alpha value is -3.24. The number of para-hydroxylation sites is 1. The van der Waals surface area contributed by atoms with Gasteiger partial charge in [0, 0.05) is 17.5 Å². The number of fused-ring (bicyclic) bond motifs is 1. The second kappa shape index (κ2) is 8.02. The maximum Gasteiger partial charge on any atom is 0.230 e. The molecule has 0 bridgehead atoms. The topological polar surface area (TPSA) is 51.5 Å². The number of halogens is 1. The predicted molar refractivity (Wildman–Crippen MR) is 116 cm³/mol. The molecule has 3 aromatic carbocycles. The number of carbonyl (C=O) groups excluding carboxylic acids is 1. The van der Waals surface area contributed by atoms with Gasteiger partial charge in [-0.1, -0.05) is 53.6 Å². The molecule has 0 spiro atoms. The second-order valence-corrected chi connectivity index (χ2v) is 7.23. The van der Waals surface area contributed by atoms with Gasteiger partial charge in [-0.25, -0.2) is 0 Å². The van der Waals surface area contributed by atoms with E-state index in [0.717, 1.165) is 10.9 Å². The summed E-state index contributed by atoms with van der Waals surface area (Å²) in [5.74, 6) is 0.545. The summed E-state index contributed by atoms with van der Waals surface area (Å²) in [6, 6.07) is 20.8. The fourth-order valence-corrected chi connectivity index (χ4v) is 3.59. The minimum atomic E-state index is -0.238. The van der Waals surface area contributed by atoms with E-state index in [2.05, 4.69) is 24.4 Å². The van der Waals surface area contributed by atoms with E-state index in [1.165, 1.54) is 12.7 Å². The Kier molecular flexibility index (Phi) is 5.28. The summed E-state index contributed by atoms with van der Waals surface area (Å²) < 4.78 is 11.1. The molecule has 1 heterocycles. The van der Waals surface area contributed by atoms with Crippen molar-refractivity contribution in [1.29, 1.82) is 0 Å². The molecular formula is C24H20ClNO3. The number of rotatable bonds is 6.